The average molecular weight is 283 g/mol. The molecule has 0 aromatic carbocycles. The van der Waals surface area contributed by atoms with Crippen LogP contribution in [0.2, 0.25) is 0 Å². The lowest BCUT2D eigenvalue weighted by Gasteiger charge is -2.25. The maximum absolute atomic E-state index is 11.8. The number of aliphatic carboxylic acids is 1. The number of carboxylic acids is 1. The van der Waals surface area contributed by atoms with Gasteiger partial charge in [0.05, 0.1) is 6.54 Å². The zero-order chi connectivity index (χ0) is 14.5. The number of nitrogens with one attached hydrogen (secondary N) is 2. The van der Waals surface area contributed by atoms with Gasteiger partial charge >= 0.3 is 12.0 Å². The molecule has 2 rings (SSSR count). The van der Waals surface area contributed by atoms with Crippen LogP contribution in [0.25, 0.3) is 0 Å². The second-order valence-corrected chi connectivity index (χ2v) is 5.47. The molecule has 2 aliphatic rings. The summed E-state index contributed by atoms with van der Waals surface area (Å²) in [5.41, 5.74) is 0. The maximum atomic E-state index is 11.8. The number of likely N-dealkylation sites (tertiary alicyclic amines) is 1. The van der Waals surface area contributed by atoms with Crippen molar-refractivity contribution in [3.05, 3.63) is 0 Å². The smallest absolute Gasteiger partial charge is 0.321 e. The Balaban J connectivity index is 1.83. The summed E-state index contributed by atoms with van der Waals surface area (Å²) in [6.07, 6.45) is 5.17. The summed E-state index contributed by atoms with van der Waals surface area (Å²) >= 11 is 0. The molecule has 1 atom stereocenters. The first-order valence-electron chi connectivity index (χ1n) is 7.13. The number of carboxylic acid groups (broad SMARTS) is 1. The second-order valence-electron chi connectivity index (χ2n) is 5.47. The molecule has 0 aromatic heterocycles. The van der Waals surface area contributed by atoms with Crippen molar-refractivity contribution in [2.75, 3.05) is 13.1 Å². The van der Waals surface area contributed by atoms with Gasteiger partial charge in [0.2, 0.25) is 5.91 Å². The number of carbonyl (C=O) groups is 3. The summed E-state index contributed by atoms with van der Waals surface area (Å²) in [6.45, 7) is 0.531. The first-order chi connectivity index (χ1) is 9.56. The number of amides is 3. The van der Waals surface area contributed by atoms with Crippen LogP contribution in [0.1, 0.15) is 38.5 Å². The topological polar surface area (TPSA) is 98.7 Å². The van der Waals surface area contributed by atoms with E-state index in [1.54, 1.807) is 4.90 Å². The van der Waals surface area contributed by atoms with Crippen LogP contribution in [0, 0.1) is 0 Å². The quantitative estimate of drug-likeness (QED) is 0.689. The molecule has 1 unspecified atom stereocenters. The monoisotopic (exact) mass is 283 g/mol. The molecular formula is C13H21N3O4. The van der Waals surface area contributed by atoms with Crippen molar-refractivity contribution in [2.45, 2.75) is 50.6 Å². The Morgan fingerprint density at radius 3 is 2.50 bits per heavy atom. The molecule has 0 radical (unpaired) electrons. The summed E-state index contributed by atoms with van der Waals surface area (Å²) in [5, 5.41) is 14.1. The van der Waals surface area contributed by atoms with Gasteiger partial charge in [-0.1, -0.05) is 12.8 Å². The summed E-state index contributed by atoms with van der Waals surface area (Å²) in [5.74, 6) is -1.35. The van der Waals surface area contributed by atoms with Gasteiger partial charge in [0.15, 0.2) is 0 Å². The van der Waals surface area contributed by atoms with Gasteiger partial charge < -0.3 is 10.4 Å². The number of nitrogens with zero attached hydrogens (tertiary/aromatic N) is 1. The molecule has 7 nitrogen and oxygen atoms in total. The molecule has 0 spiro atoms. The average Bonchev–Trinajstić information content (AvgIpc) is 3.15. The van der Waals surface area contributed by atoms with Crippen molar-refractivity contribution < 1.29 is 19.5 Å². The predicted molar refractivity (Wildman–Crippen MR) is 71.2 cm³/mol. The molecule has 1 aliphatic carbocycles. The Morgan fingerprint density at radius 2 is 1.85 bits per heavy atom. The lowest BCUT2D eigenvalue weighted by atomic mass is 10.1. The number of hydrogen-bond acceptors (Lipinski definition) is 4. The molecule has 1 saturated carbocycles. The van der Waals surface area contributed by atoms with Crippen LogP contribution in [0.5, 0.6) is 0 Å². The van der Waals surface area contributed by atoms with Gasteiger partial charge in [-0.2, -0.15) is 0 Å². The molecule has 2 fully saturated rings. The van der Waals surface area contributed by atoms with Gasteiger partial charge in [-0.3, -0.25) is 19.8 Å². The minimum Gasteiger partial charge on any atom is -0.480 e. The first-order valence-corrected chi connectivity index (χ1v) is 7.13. The van der Waals surface area contributed by atoms with E-state index in [0.717, 1.165) is 32.1 Å². The van der Waals surface area contributed by atoms with Crippen molar-refractivity contribution in [3.63, 3.8) is 0 Å². The predicted octanol–water partition coefficient (Wildman–Crippen LogP) is 0.304. The highest BCUT2D eigenvalue weighted by Crippen LogP contribution is 2.18. The normalized spacial score (nSPS) is 23.7. The standard InChI is InChI=1S/C13H21N3O4/c17-11(15-13(20)14-9-5-6-9)8-16-7-3-1-2-4-10(16)12(18)19/h9-10H,1-8H2,(H,18,19)(H2,14,15,17,20). The lowest BCUT2D eigenvalue weighted by Crippen LogP contribution is -2.49. The van der Waals surface area contributed by atoms with E-state index in [1.165, 1.54) is 0 Å². The van der Waals surface area contributed by atoms with Crippen LogP contribution in [-0.4, -0.2) is 53.1 Å². The molecule has 1 saturated heterocycles. The van der Waals surface area contributed by atoms with E-state index in [1.807, 2.05) is 0 Å². The molecule has 3 N–H and O–H groups in total. The summed E-state index contributed by atoms with van der Waals surface area (Å²) in [4.78, 5) is 36.1. The molecular weight excluding hydrogens is 262 g/mol. The van der Waals surface area contributed by atoms with E-state index in [9.17, 15) is 19.5 Å². The van der Waals surface area contributed by atoms with Crippen LogP contribution < -0.4 is 10.6 Å². The van der Waals surface area contributed by atoms with Crippen LogP contribution >= 0.6 is 0 Å². The highest BCUT2D eigenvalue weighted by molar-refractivity contribution is 5.95. The highest BCUT2D eigenvalue weighted by atomic mass is 16.4. The van der Waals surface area contributed by atoms with Crippen molar-refractivity contribution in [3.8, 4) is 0 Å². The van der Waals surface area contributed by atoms with Crippen molar-refractivity contribution in [1.82, 2.24) is 15.5 Å². The Morgan fingerprint density at radius 1 is 1.10 bits per heavy atom. The molecule has 0 bridgehead atoms. The van der Waals surface area contributed by atoms with Crippen LogP contribution in [0.3, 0.4) is 0 Å². The zero-order valence-corrected chi connectivity index (χ0v) is 11.4. The van der Waals surface area contributed by atoms with Crippen molar-refractivity contribution in [1.29, 1.82) is 0 Å². The SMILES string of the molecule is O=C(CN1CCCCCC1C(=O)O)NC(=O)NC1CC1. The Bertz CT molecular complexity index is 395. The Kier molecular flexibility index (Phi) is 4.94. The third-order valence-corrected chi connectivity index (χ3v) is 3.66. The Labute approximate surface area is 117 Å². The number of imide groups is 1. The number of urea groups is 1. The molecule has 0 aromatic rings. The second kappa shape index (κ2) is 6.69. The van der Waals surface area contributed by atoms with Gasteiger partial charge in [-0.25, -0.2) is 4.79 Å². The number of hydrogen-bond donors (Lipinski definition) is 3. The number of carbonyl (C=O) groups excluding carboxylic acids is 2. The van der Waals surface area contributed by atoms with Gasteiger partial charge in [-0.05, 0) is 32.2 Å². The molecule has 20 heavy (non-hydrogen) atoms. The maximum Gasteiger partial charge on any atom is 0.321 e. The van der Waals surface area contributed by atoms with Crippen molar-refractivity contribution >= 4 is 17.9 Å². The van der Waals surface area contributed by atoms with Crippen molar-refractivity contribution in [2.24, 2.45) is 0 Å². The highest BCUT2D eigenvalue weighted by Gasteiger charge is 2.29. The molecule has 112 valence electrons. The number of rotatable bonds is 4. The largest absolute Gasteiger partial charge is 0.480 e. The summed E-state index contributed by atoms with van der Waals surface area (Å²) < 4.78 is 0. The Hall–Kier alpha value is -1.63. The minimum absolute atomic E-state index is 0.0466. The zero-order valence-electron chi connectivity index (χ0n) is 11.4. The summed E-state index contributed by atoms with van der Waals surface area (Å²) in [7, 11) is 0. The van der Waals surface area contributed by atoms with E-state index in [4.69, 9.17) is 0 Å². The fraction of sp³-hybridized carbons (Fsp3) is 0.769. The van der Waals surface area contributed by atoms with Crippen LogP contribution in [0.4, 0.5) is 4.79 Å². The molecule has 1 aliphatic heterocycles. The third-order valence-electron chi connectivity index (χ3n) is 3.66. The van der Waals surface area contributed by atoms with E-state index < -0.39 is 23.9 Å². The fourth-order valence-corrected chi connectivity index (χ4v) is 2.44. The molecule has 7 heteroatoms. The van der Waals surface area contributed by atoms with E-state index in [-0.39, 0.29) is 12.6 Å². The van der Waals surface area contributed by atoms with Gasteiger partial charge in [0.1, 0.15) is 6.04 Å². The van der Waals surface area contributed by atoms with Gasteiger partial charge in [0, 0.05) is 6.04 Å². The third kappa shape index (κ3) is 4.48. The first kappa shape index (κ1) is 14.8. The molecule has 1 heterocycles. The minimum atomic E-state index is -0.901. The van der Waals surface area contributed by atoms with Gasteiger partial charge in [-0.15, -0.1) is 0 Å². The van der Waals surface area contributed by atoms with Gasteiger partial charge in [0.25, 0.3) is 0 Å². The molecule has 3 amide bonds. The van der Waals surface area contributed by atoms with Crippen LogP contribution in [-0.2, 0) is 9.59 Å². The van der Waals surface area contributed by atoms with E-state index in [0.29, 0.717) is 13.0 Å². The van der Waals surface area contributed by atoms with E-state index >= 15 is 0 Å². The fourth-order valence-electron chi connectivity index (χ4n) is 2.44. The lowest BCUT2D eigenvalue weighted by molar-refractivity contribution is -0.143. The summed E-state index contributed by atoms with van der Waals surface area (Å²) in [6, 6.07) is -0.929. The van der Waals surface area contributed by atoms with Crippen LogP contribution in [0.15, 0.2) is 0 Å². The van der Waals surface area contributed by atoms with E-state index in [2.05, 4.69) is 10.6 Å².